The van der Waals surface area contributed by atoms with Crippen molar-refractivity contribution < 1.29 is 18.0 Å². The second kappa shape index (κ2) is 5.32. The normalized spacial score (nSPS) is 14.9. The van der Waals surface area contributed by atoms with E-state index in [1.165, 1.54) is 0 Å². The van der Waals surface area contributed by atoms with E-state index < -0.39 is 17.6 Å². The maximum absolute atomic E-state index is 12.6. The first-order valence-electron chi connectivity index (χ1n) is 6.16. The Bertz CT molecular complexity index is 650. The quantitative estimate of drug-likeness (QED) is 0.869. The third kappa shape index (κ3) is 2.97. The van der Waals surface area contributed by atoms with Gasteiger partial charge >= 0.3 is 6.18 Å². The van der Waals surface area contributed by atoms with E-state index in [1.54, 1.807) is 28.8 Å². The minimum atomic E-state index is -4.81. The van der Waals surface area contributed by atoms with Crippen LogP contribution in [0.1, 0.15) is 12.7 Å². The van der Waals surface area contributed by atoms with Crippen LogP contribution in [0, 0.1) is 0 Å². The van der Waals surface area contributed by atoms with Crippen molar-refractivity contribution in [3.05, 3.63) is 30.2 Å². The van der Waals surface area contributed by atoms with Gasteiger partial charge in [0.05, 0.1) is 0 Å². The monoisotopic (exact) mass is 301 g/mol. The number of alkyl halides is 3. The molecule has 1 atom stereocenters. The van der Waals surface area contributed by atoms with Crippen molar-refractivity contribution in [2.75, 3.05) is 6.54 Å². The number of hydrogen-bond donors (Lipinski definition) is 2. The van der Waals surface area contributed by atoms with Crippen LogP contribution < -0.4 is 11.1 Å². The van der Waals surface area contributed by atoms with E-state index in [0.29, 0.717) is 18.4 Å². The lowest BCUT2D eigenvalue weighted by molar-refractivity contribution is -0.187. The van der Waals surface area contributed by atoms with Crippen molar-refractivity contribution in [3.8, 4) is 0 Å². The largest absolute Gasteiger partial charge is 0.415 e. The van der Waals surface area contributed by atoms with Gasteiger partial charge in [-0.05, 0) is 19.1 Å². The van der Waals surface area contributed by atoms with Gasteiger partial charge in [0.25, 0.3) is 0 Å². The predicted molar refractivity (Wildman–Crippen MR) is 68.3 cm³/mol. The molecule has 0 saturated heterocycles. The molecule has 0 fully saturated rings. The van der Waals surface area contributed by atoms with Crippen molar-refractivity contribution in [2.24, 2.45) is 5.73 Å². The zero-order valence-electron chi connectivity index (χ0n) is 11.2. The third-order valence-electron chi connectivity index (χ3n) is 3.08. The van der Waals surface area contributed by atoms with Crippen LogP contribution in [0.15, 0.2) is 24.4 Å². The molecule has 0 aromatic carbocycles. The summed E-state index contributed by atoms with van der Waals surface area (Å²) in [6.07, 6.45) is -2.83. The molecule has 0 aliphatic heterocycles. The Kier molecular flexibility index (Phi) is 3.86. The van der Waals surface area contributed by atoms with E-state index in [9.17, 15) is 18.0 Å². The lowest BCUT2D eigenvalue weighted by atomic mass is 10.0. The summed E-state index contributed by atoms with van der Waals surface area (Å²) in [5.74, 6) is -0.736. The van der Waals surface area contributed by atoms with E-state index in [0.717, 1.165) is 0 Å². The fourth-order valence-electron chi connectivity index (χ4n) is 1.66. The Morgan fingerprint density at radius 1 is 1.38 bits per heavy atom. The molecular weight excluding hydrogens is 287 g/mol. The maximum Gasteiger partial charge on any atom is 0.415 e. The molecule has 2 aromatic rings. The molecule has 9 heteroatoms. The molecule has 2 aromatic heterocycles. The Labute approximate surface area is 118 Å². The summed E-state index contributed by atoms with van der Waals surface area (Å²) in [7, 11) is 0. The lowest BCUT2D eigenvalue weighted by Gasteiger charge is -2.26. The lowest BCUT2D eigenvalue weighted by Crippen LogP contribution is -2.61. The molecule has 21 heavy (non-hydrogen) atoms. The van der Waals surface area contributed by atoms with Crippen LogP contribution in [0.2, 0.25) is 0 Å². The van der Waals surface area contributed by atoms with Gasteiger partial charge in [-0.3, -0.25) is 9.20 Å². The van der Waals surface area contributed by atoms with E-state index >= 15 is 0 Å². The molecule has 0 aliphatic carbocycles. The Morgan fingerprint density at radius 2 is 2.10 bits per heavy atom. The number of fused-ring (bicyclic) bond motifs is 1. The first kappa shape index (κ1) is 15.2. The molecule has 0 radical (unpaired) electrons. The van der Waals surface area contributed by atoms with Crippen molar-refractivity contribution >= 4 is 11.6 Å². The van der Waals surface area contributed by atoms with Gasteiger partial charge in [0.1, 0.15) is 5.82 Å². The van der Waals surface area contributed by atoms with Crippen molar-refractivity contribution in [3.63, 3.8) is 0 Å². The highest BCUT2D eigenvalue weighted by Crippen LogP contribution is 2.27. The van der Waals surface area contributed by atoms with Crippen LogP contribution in [-0.2, 0) is 11.2 Å². The van der Waals surface area contributed by atoms with Gasteiger partial charge in [0.15, 0.2) is 11.2 Å². The zero-order valence-corrected chi connectivity index (χ0v) is 11.2. The molecule has 3 N–H and O–H groups in total. The minimum absolute atomic E-state index is 0.0165. The average Bonchev–Trinajstić information content (AvgIpc) is 2.81. The van der Waals surface area contributed by atoms with Crippen molar-refractivity contribution in [1.82, 2.24) is 19.9 Å². The van der Waals surface area contributed by atoms with E-state index in [2.05, 4.69) is 15.5 Å². The summed E-state index contributed by atoms with van der Waals surface area (Å²) in [5.41, 5.74) is 2.72. The van der Waals surface area contributed by atoms with Crippen LogP contribution in [0.4, 0.5) is 13.2 Å². The topological polar surface area (TPSA) is 85.3 Å². The number of halogens is 3. The number of nitrogens with zero attached hydrogens (tertiary/aromatic N) is 3. The molecule has 2 heterocycles. The highest BCUT2D eigenvalue weighted by molar-refractivity contribution is 5.86. The van der Waals surface area contributed by atoms with Crippen LogP contribution in [0.5, 0.6) is 0 Å². The van der Waals surface area contributed by atoms with Crippen LogP contribution in [0.3, 0.4) is 0 Å². The predicted octanol–water partition coefficient (Wildman–Crippen LogP) is 0.668. The number of pyridine rings is 1. The highest BCUT2D eigenvalue weighted by atomic mass is 19.4. The van der Waals surface area contributed by atoms with Crippen molar-refractivity contribution in [1.29, 1.82) is 0 Å². The zero-order chi connectivity index (χ0) is 15.7. The number of rotatable bonds is 4. The van der Waals surface area contributed by atoms with Gasteiger partial charge in [-0.2, -0.15) is 13.2 Å². The Balaban J connectivity index is 1.97. The Morgan fingerprint density at radius 3 is 2.76 bits per heavy atom. The van der Waals surface area contributed by atoms with Crippen molar-refractivity contribution in [2.45, 2.75) is 25.1 Å². The number of nitrogens with one attached hydrogen (secondary N) is 1. The first-order valence-corrected chi connectivity index (χ1v) is 6.16. The van der Waals surface area contributed by atoms with Crippen LogP contribution in [0.25, 0.3) is 5.65 Å². The molecular formula is C12H14F3N5O. The van der Waals surface area contributed by atoms with Gasteiger partial charge in [-0.1, -0.05) is 6.07 Å². The average molecular weight is 301 g/mol. The van der Waals surface area contributed by atoms with Gasteiger partial charge in [0.2, 0.25) is 5.91 Å². The van der Waals surface area contributed by atoms with E-state index in [1.807, 2.05) is 0 Å². The molecule has 2 rings (SSSR count). The SMILES string of the molecule is CC(N)(C(=O)NCCc1nnc2ccccn12)C(F)(F)F. The second-order valence-corrected chi connectivity index (χ2v) is 4.75. The molecule has 0 saturated carbocycles. The number of carbonyl (C=O) groups excluding carboxylic acids is 1. The summed E-state index contributed by atoms with van der Waals surface area (Å²) in [5, 5.41) is 9.98. The summed E-state index contributed by atoms with van der Waals surface area (Å²) in [6, 6.07) is 5.31. The summed E-state index contributed by atoms with van der Waals surface area (Å²) < 4.78 is 39.4. The summed E-state index contributed by atoms with van der Waals surface area (Å²) in [6.45, 7) is 0.617. The first-order chi connectivity index (χ1) is 9.73. The maximum atomic E-state index is 12.6. The van der Waals surface area contributed by atoms with Gasteiger partial charge in [-0.25, -0.2) is 0 Å². The molecule has 1 amide bonds. The molecule has 114 valence electrons. The smallest absolute Gasteiger partial charge is 0.354 e. The Hall–Kier alpha value is -2.16. The van der Waals surface area contributed by atoms with Gasteiger partial charge in [-0.15, -0.1) is 10.2 Å². The van der Waals surface area contributed by atoms with Crippen LogP contribution in [-0.4, -0.2) is 38.8 Å². The fraction of sp³-hybridized carbons (Fsp3) is 0.417. The number of amides is 1. The summed E-state index contributed by atoms with van der Waals surface area (Å²) in [4.78, 5) is 11.5. The standard InChI is InChI=1S/C12H14F3N5O/c1-11(16,12(13,14)15)10(21)17-6-5-9-19-18-8-4-2-3-7-20(8)9/h2-4,7H,5-6,16H2,1H3,(H,17,21). The van der Waals surface area contributed by atoms with E-state index in [-0.39, 0.29) is 13.0 Å². The molecule has 0 aliphatic rings. The third-order valence-corrected chi connectivity index (χ3v) is 3.08. The highest BCUT2D eigenvalue weighted by Gasteiger charge is 2.53. The summed E-state index contributed by atoms with van der Waals surface area (Å²) >= 11 is 0. The number of nitrogens with two attached hydrogens (primary N) is 1. The number of hydrogen-bond acceptors (Lipinski definition) is 4. The van der Waals surface area contributed by atoms with Gasteiger partial charge in [0, 0.05) is 19.2 Å². The molecule has 0 spiro atoms. The minimum Gasteiger partial charge on any atom is -0.354 e. The molecule has 1 unspecified atom stereocenters. The molecule has 6 nitrogen and oxygen atoms in total. The number of aromatic nitrogens is 3. The van der Waals surface area contributed by atoms with E-state index in [4.69, 9.17) is 5.73 Å². The number of carbonyl (C=O) groups is 1. The fourth-order valence-corrected chi connectivity index (χ4v) is 1.66. The second-order valence-electron chi connectivity index (χ2n) is 4.75. The molecule has 0 bridgehead atoms. The van der Waals surface area contributed by atoms with Gasteiger partial charge < -0.3 is 11.1 Å². The van der Waals surface area contributed by atoms with Crippen LogP contribution >= 0.6 is 0 Å².